The summed E-state index contributed by atoms with van der Waals surface area (Å²) in [4.78, 5) is 45.3. The van der Waals surface area contributed by atoms with Crippen LogP contribution in [-0.4, -0.2) is 45.2 Å². The first-order valence-electron chi connectivity index (χ1n) is 12.8. The van der Waals surface area contributed by atoms with Crippen LogP contribution >= 0.6 is 0 Å². The van der Waals surface area contributed by atoms with Crippen molar-refractivity contribution in [2.75, 3.05) is 0 Å². The van der Waals surface area contributed by atoms with Gasteiger partial charge in [0, 0.05) is 47.0 Å². The molecule has 0 saturated carbocycles. The fourth-order valence-corrected chi connectivity index (χ4v) is 4.72. The lowest BCUT2D eigenvalue weighted by Gasteiger charge is -2.22. The molecule has 0 radical (unpaired) electrons. The number of carbonyl (C=O) groups is 3. The quantitative estimate of drug-likeness (QED) is 0.118. The predicted molar refractivity (Wildman–Crippen MR) is 149 cm³/mol. The number of hydroxylamine groups is 1. The molecule has 3 amide bonds. The summed E-state index contributed by atoms with van der Waals surface area (Å²) in [5.74, 6) is -1.38. The Morgan fingerprint density at radius 2 is 1.23 bits per heavy atom. The highest BCUT2D eigenvalue weighted by molar-refractivity contribution is 5.93. The Hall–Kier alpha value is -5.09. The van der Waals surface area contributed by atoms with Gasteiger partial charge in [-0.3, -0.25) is 14.8 Å². The molecule has 10 nitrogen and oxygen atoms in total. The summed E-state index contributed by atoms with van der Waals surface area (Å²) in [6.45, 7) is 0.0319. The monoisotopic (exact) mass is 539 g/mol. The second-order valence-corrected chi connectivity index (χ2v) is 9.42. The third kappa shape index (κ3) is 6.13. The first kappa shape index (κ1) is 26.5. The number of carbonyl (C=O) groups excluding carboxylic acids is 3. The molecule has 10 heteroatoms. The van der Waals surface area contributed by atoms with Gasteiger partial charge in [0.05, 0.1) is 0 Å². The van der Waals surface area contributed by atoms with E-state index in [9.17, 15) is 19.6 Å². The highest BCUT2D eigenvalue weighted by atomic mass is 16.5. The average Bonchev–Trinajstić information content (AvgIpc) is 3.59. The first-order valence-corrected chi connectivity index (χ1v) is 12.8. The summed E-state index contributed by atoms with van der Waals surface area (Å²) in [5, 5.41) is 16.6. The molecule has 0 spiro atoms. The van der Waals surface area contributed by atoms with Gasteiger partial charge in [0.1, 0.15) is 18.7 Å². The van der Waals surface area contributed by atoms with Gasteiger partial charge in [-0.15, -0.1) is 0 Å². The Bertz CT molecular complexity index is 1630. The summed E-state index contributed by atoms with van der Waals surface area (Å²) in [6.07, 6.45) is 3.02. The molecule has 5 aromatic rings. The van der Waals surface area contributed by atoms with E-state index in [-0.39, 0.29) is 19.4 Å². The van der Waals surface area contributed by atoms with Gasteiger partial charge in [-0.25, -0.2) is 10.3 Å². The van der Waals surface area contributed by atoms with Gasteiger partial charge < -0.3 is 25.3 Å². The maximum absolute atomic E-state index is 13.6. The summed E-state index contributed by atoms with van der Waals surface area (Å²) in [5.41, 5.74) is 5.80. The van der Waals surface area contributed by atoms with E-state index < -0.39 is 30.0 Å². The topological polar surface area (TPSA) is 148 Å². The van der Waals surface area contributed by atoms with Crippen LogP contribution in [0.15, 0.2) is 91.3 Å². The number of H-pyrrole nitrogens is 2. The number of nitrogens with one attached hydrogen (secondary N) is 5. The molecule has 2 heterocycles. The number of aromatic amines is 2. The lowest BCUT2D eigenvalue weighted by molar-refractivity contribution is -0.135. The largest absolute Gasteiger partial charge is 0.445 e. The zero-order valence-electron chi connectivity index (χ0n) is 21.5. The van der Waals surface area contributed by atoms with E-state index >= 15 is 0 Å². The standard InChI is InChI=1S/C30H29N5O5/c36-28(33-27(29(37)35-39)15-21-17-32-25-13-7-5-11-23(21)25)26(14-20-16-31-24-12-6-4-10-22(20)24)34-30(38)40-18-19-8-2-1-3-9-19/h1-13,16-17,26-27,31-32,39H,14-15,18H2,(H,33,36)(H,34,38)(H,35,37)/t26?,27-/m0/s1. The van der Waals surface area contributed by atoms with Crippen molar-refractivity contribution in [3.05, 3.63) is 108 Å². The van der Waals surface area contributed by atoms with E-state index in [0.29, 0.717) is 0 Å². The molecular weight excluding hydrogens is 510 g/mol. The van der Waals surface area contributed by atoms with Crippen LogP contribution in [0.5, 0.6) is 0 Å². The van der Waals surface area contributed by atoms with E-state index in [2.05, 4.69) is 20.6 Å². The van der Waals surface area contributed by atoms with Gasteiger partial charge in [-0.1, -0.05) is 66.7 Å². The third-order valence-corrected chi connectivity index (χ3v) is 6.76. The summed E-state index contributed by atoms with van der Waals surface area (Å²) in [6, 6.07) is 22.2. The Balaban J connectivity index is 1.35. The number of amides is 3. The van der Waals surface area contributed by atoms with Crippen LogP contribution < -0.4 is 16.1 Å². The van der Waals surface area contributed by atoms with Gasteiger partial charge in [0.2, 0.25) is 5.91 Å². The van der Waals surface area contributed by atoms with Crippen LogP contribution in [0.25, 0.3) is 21.8 Å². The molecule has 0 bridgehead atoms. The summed E-state index contributed by atoms with van der Waals surface area (Å²) >= 11 is 0. The van der Waals surface area contributed by atoms with Gasteiger partial charge >= 0.3 is 6.09 Å². The second kappa shape index (κ2) is 12.2. The number of fused-ring (bicyclic) bond motifs is 2. The van der Waals surface area contributed by atoms with Crippen molar-refractivity contribution in [1.82, 2.24) is 26.1 Å². The number of ether oxygens (including phenoxy) is 1. The fourth-order valence-electron chi connectivity index (χ4n) is 4.72. The van der Waals surface area contributed by atoms with E-state index in [1.807, 2.05) is 78.9 Å². The lowest BCUT2D eigenvalue weighted by atomic mass is 10.0. The fraction of sp³-hybridized carbons (Fsp3) is 0.167. The molecule has 0 saturated heterocycles. The summed E-state index contributed by atoms with van der Waals surface area (Å²) in [7, 11) is 0. The molecule has 2 atom stereocenters. The molecule has 0 aliphatic heterocycles. The van der Waals surface area contributed by atoms with Crippen molar-refractivity contribution < 1.29 is 24.3 Å². The zero-order chi connectivity index (χ0) is 27.9. The Morgan fingerprint density at radius 1 is 0.700 bits per heavy atom. The van der Waals surface area contributed by atoms with Crippen molar-refractivity contribution >= 4 is 39.7 Å². The number of hydrogen-bond donors (Lipinski definition) is 6. The van der Waals surface area contributed by atoms with Crippen LogP contribution in [0.2, 0.25) is 0 Å². The van der Waals surface area contributed by atoms with Gasteiger partial charge in [-0.2, -0.15) is 0 Å². The van der Waals surface area contributed by atoms with E-state index in [1.165, 1.54) is 0 Å². The summed E-state index contributed by atoms with van der Waals surface area (Å²) < 4.78 is 5.36. The molecule has 40 heavy (non-hydrogen) atoms. The van der Waals surface area contributed by atoms with Crippen LogP contribution in [0, 0.1) is 0 Å². The minimum Gasteiger partial charge on any atom is -0.445 e. The number of aromatic nitrogens is 2. The van der Waals surface area contributed by atoms with Crippen molar-refractivity contribution in [3.8, 4) is 0 Å². The Kier molecular flexibility index (Phi) is 8.07. The van der Waals surface area contributed by atoms with Crippen LogP contribution in [0.4, 0.5) is 4.79 Å². The van der Waals surface area contributed by atoms with Crippen LogP contribution in [0.3, 0.4) is 0 Å². The smallest absolute Gasteiger partial charge is 0.408 e. The van der Waals surface area contributed by atoms with Crippen molar-refractivity contribution in [2.45, 2.75) is 31.5 Å². The first-order chi connectivity index (χ1) is 19.5. The number of benzene rings is 3. The van der Waals surface area contributed by atoms with Gasteiger partial charge in [0.25, 0.3) is 5.91 Å². The van der Waals surface area contributed by atoms with Crippen LogP contribution in [0.1, 0.15) is 16.7 Å². The highest BCUT2D eigenvalue weighted by Crippen LogP contribution is 2.21. The second-order valence-electron chi connectivity index (χ2n) is 9.42. The third-order valence-electron chi connectivity index (χ3n) is 6.76. The predicted octanol–water partition coefficient (Wildman–Crippen LogP) is 3.72. The molecule has 0 aliphatic carbocycles. The minimum absolute atomic E-state index is 0.0319. The molecule has 2 aromatic heterocycles. The molecule has 3 aromatic carbocycles. The van der Waals surface area contributed by atoms with E-state index in [1.54, 1.807) is 17.9 Å². The molecular formula is C30H29N5O5. The average molecular weight is 540 g/mol. The molecule has 204 valence electrons. The molecule has 0 fully saturated rings. The van der Waals surface area contributed by atoms with E-state index in [4.69, 9.17) is 4.74 Å². The Labute approximate surface area is 229 Å². The number of hydrogen-bond acceptors (Lipinski definition) is 5. The number of para-hydroxylation sites is 2. The zero-order valence-corrected chi connectivity index (χ0v) is 21.5. The van der Waals surface area contributed by atoms with Crippen LogP contribution in [-0.2, 0) is 33.8 Å². The van der Waals surface area contributed by atoms with Crippen molar-refractivity contribution in [1.29, 1.82) is 0 Å². The SMILES string of the molecule is O=C(NC(Cc1c[nH]c2ccccc12)C(=O)N[C@@H](Cc1c[nH]c2ccccc12)C(=O)NO)OCc1ccccc1. The van der Waals surface area contributed by atoms with Crippen molar-refractivity contribution in [3.63, 3.8) is 0 Å². The van der Waals surface area contributed by atoms with E-state index in [0.717, 1.165) is 38.5 Å². The minimum atomic E-state index is -1.11. The Morgan fingerprint density at radius 3 is 1.80 bits per heavy atom. The van der Waals surface area contributed by atoms with Gasteiger partial charge in [0.15, 0.2) is 0 Å². The molecule has 5 rings (SSSR count). The normalized spacial score (nSPS) is 12.5. The highest BCUT2D eigenvalue weighted by Gasteiger charge is 2.29. The maximum Gasteiger partial charge on any atom is 0.408 e. The lowest BCUT2D eigenvalue weighted by Crippen LogP contribution is -2.54. The maximum atomic E-state index is 13.6. The molecule has 6 N–H and O–H groups in total. The molecule has 0 aliphatic rings. The number of alkyl carbamates (subject to hydrolysis) is 1. The number of rotatable bonds is 10. The van der Waals surface area contributed by atoms with Crippen molar-refractivity contribution in [2.24, 2.45) is 0 Å². The van der Waals surface area contributed by atoms with Gasteiger partial charge in [-0.05, 0) is 28.8 Å². The molecule has 1 unspecified atom stereocenters.